The van der Waals surface area contributed by atoms with E-state index in [0.717, 1.165) is 50.1 Å². The molecule has 2 nitrogen and oxygen atoms in total. The summed E-state index contributed by atoms with van der Waals surface area (Å²) in [5.74, 6) is 0. The van der Waals surface area contributed by atoms with E-state index in [1.165, 1.54) is 33.0 Å². The molecule has 9 aromatic rings. The lowest BCUT2D eigenvalue weighted by Crippen LogP contribution is -2.09. The standard InChI is InChI=1S/C46H31NO/c1-2-16-38(17-3-1)47(39-26-23-32(24-27-39)36-25-28-44-43-20-6-7-22-45(43)48-46(44)31-36)40-18-9-14-35(30-40)34-13-8-15-37(29-34)42-21-10-12-33-11-4-5-19-41(33)42/h1-31H. The molecule has 0 spiro atoms. The van der Waals surface area contributed by atoms with Crippen molar-refractivity contribution >= 4 is 49.8 Å². The summed E-state index contributed by atoms with van der Waals surface area (Å²) in [7, 11) is 0. The fraction of sp³-hybridized carbons (Fsp3) is 0. The fourth-order valence-corrected chi connectivity index (χ4v) is 6.90. The number of fused-ring (bicyclic) bond motifs is 4. The summed E-state index contributed by atoms with van der Waals surface area (Å²) < 4.78 is 6.18. The molecule has 9 rings (SSSR count). The maximum absolute atomic E-state index is 6.18. The second-order valence-electron chi connectivity index (χ2n) is 12.2. The van der Waals surface area contributed by atoms with Gasteiger partial charge in [0.25, 0.3) is 0 Å². The summed E-state index contributed by atoms with van der Waals surface area (Å²) in [5, 5.41) is 4.81. The average molecular weight is 614 g/mol. The molecule has 226 valence electrons. The van der Waals surface area contributed by atoms with Crippen molar-refractivity contribution in [2.75, 3.05) is 4.90 Å². The molecule has 0 radical (unpaired) electrons. The second kappa shape index (κ2) is 11.8. The first-order valence-electron chi connectivity index (χ1n) is 16.3. The molecule has 0 fully saturated rings. The van der Waals surface area contributed by atoms with Gasteiger partial charge in [0, 0.05) is 27.8 Å². The summed E-state index contributed by atoms with van der Waals surface area (Å²) in [5.41, 5.74) is 12.2. The molecule has 0 N–H and O–H groups in total. The van der Waals surface area contributed by atoms with Crippen LogP contribution in [0.2, 0.25) is 0 Å². The van der Waals surface area contributed by atoms with Gasteiger partial charge < -0.3 is 9.32 Å². The van der Waals surface area contributed by atoms with Crippen molar-refractivity contribution in [3.8, 4) is 33.4 Å². The molecule has 0 atom stereocenters. The minimum atomic E-state index is 0.907. The van der Waals surface area contributed by atoms with Gasteiger partial charge in [-0.25, -0.2) is 0 Å². The SMILES string of the molecule is c1ccc(N(c2ccc(-c3ccc4c(c3)oc3ccccc34)cc2)c2cccc(-c3cccc(-c4cccc5ccccc45)c3)c2)cc1. The summed E-state index contributed by atoms with van der Waals surface area (Å²) >= 11 is 0. The van der Waals surface area contributed by atoms with Gasteiger partial charge in [-0.1, -0.05) is 127 Å². The van der Waals surface area contributed by atoms with Crippen LogP contribution in [0.4, 0.5) is 17.1 Å². The molecule has 0 saturated heterocycles. The molecule has 0 aliphatic rings. The third-order valence-corrected chi connectivity index (χ3v) is 9.25. The van der Waals surface area contributed by atoms with Crippen LogP contribution >= 0.6 is 0 Å². The monoisotopic (exact) mass is 613 g/mol. The molecule has 48 heavy (non-hydrogen) atoms. The van der Waals surface area contributed by atoms with E-state index < -0.39 is 0 Å². The largest absolute Gasteiger partial charge is 0.456 e. The van der Waals surface area contributed by atoms with E-state index in [9.17, 15) is 0 Å². The number of hydrogen-bond donors (Lipinski definition) is 0. The molecule has 0 amide bonds. The summed E-state index contributed by atoms with van der Waals surface area (Å²) in [6.45, 7) is 0. The van der Waals surface area contributed by atoms with E-state index in [4.69, 9.17) is 4.42 Å². The van der Waals surface area contributed by atoms with Crippen molar-refractivity contribution in [1.29, 1.82) is 0 Å². The first-order valence-corrected chi connectivity index (χ1v) is 16.3. The van der Waals surface area contributed by atoms with Crippen molar-refractivity contribution in [1.82, 2.24) is 0 Å². The number of furan rings is 1. The van der Waals surface area contributed by atoms with Crippen LogP contribution in [0.5, 0.6) is 0 Å². The van der Waals surface area contributed by atoms with Crippen LogP contribution in [0.1, 0.15) is 0 Å². The van der Waals surface area contributed by atoms with E-state index in [1.54, 1.807) is 0 Å². The molecule has 2 heteroatoms. The van der Waals surface area contributed by atoms with Crippen LogP contribution in [0.3, 0.4) is 0 Å². The predicted molar refractivity (Wildman–Crippen MR) is 202 cm³/mol. The molecule has 0 bridgehead atoms. The third-order valence-electron chi connectivity index (χ3n) is 9.25. The molecule has 8 aromatic carbocycles. The Bertz CT molecular complexity index is 2560. The highest BCUT2D eigenvalue weighted by molar-refractivity contribution is 6.06. The van der Waals surface area contributed by atoms with Gasteiger partial charge in [-0.3, -0.25) is 0 Å². The van der Waals surface area contributed by atoms with Crippen LogP contribution in [-0.4, -0.2) is 0 Å². The molecule has 1 heterocycles. The first-order chi connectivity index (χ1) is 23.8. The molecule has 0 aliphatic carbocycles. The Kier molecular flexibility index (Phi) is 6.84. The van der Waals surface area contributed by atoms with Gasteiger partial charge in [0.2, 0.25) is 0 Å². The number of para-hydroxylation sites is 2. The van der Waals surface area contributed by atoms with E-state index in [2.05, 4.69) is 181 Å². The lowest BCUT2D eigenvalue weighted by Gasteiger charge is -2.26. The number of benzene rings is 8. The predicted octanol–water partition coefficient (Wildman–Crippen LogP) is 13.2. The van der Waals surface area contributed by atoms with Crippen molar-refractivity contribution in [2.45, 2.75) is 0 Å². The molecular weight excluding hydrogens is 583 g/mol. The maximum atomic E-state index is 6.18. The molecule has 0 aliphatic heterocycles. The van der Waals surface area contributed by atoms with Crippen molar-refractivity contribution in [3.05, 3.63) is 188 Å². The number of nitrogens with zero attached hydrogens (tertiary/aromatic N) is 1. The Morgan fingerprint density at radius 2 is 0.896 bits per heavy atom. The van der Waals surface area contributed by atoms with E-state index in [1.807, 2.05) is 12.1 Å². The summed E-state index contributed by atoms with van der Waals surface area (Å²) in [6.07, 6.45) is 0. The maximum Gasteiger partial charge on any atom is 0.136 e. The lowest BCUT2D eigenvalue weighted by atomic mass is 9.95. The van der Waals surface area contributed by atoms with Gasteiger partial charge in [0.05, 0.1) is 0 Å². The van der Waals surface area contributed by atoms with Crippen LogP contribution in [-0.2, 0) is 0 Å². The highest BCUT2D eigenvalue weighted by Crippen LogP contribution is 2.39. The normalized spacial score (nSPS) is 11.3. The quantitative estimate of drug-likeness (QED) is 0.185. The van der Waals surface area contributed by atoms with Crippen LogP contribution in [0, 0.1) is 0 Å². The minimum Gasteiger partial charge on any atom is -0.456 e. The Balaban J connectivity index is 1.08. The van der Waals surface area contributed by atoms with Crippen molar-refractivity contribution in [2.24, 2.45) is 0 Å². The highest BCUT2D eigenvalue weighted by Gasteiger charge is 2.15. The lowest BCUT2D eigenvalue weighted by molar-refractivity contribution is 0.669. The Hall–Kier alpha value is -6.38. The zero-order valence-electron chi connectivity index (χ0n) is 26.3. The molecular formula is C46H31NO. The van der Waals surface area contributed by atoms with Crippen LogP contribution < -0.4 is 4.90 Å². The first kappa shape index (κ1) is 27.9. The average Bonchev–Trinajstić information content (AvgIpc) is 3.54. The van der Waals surface area contributed by atoms with E-state index >= 15 is 0 Å². The zero-order valence-corrected chi connectivity index (χ0v) is 26.3. The van der Waals surface area contributed by atoms with Crippen molar-refractivity contribution < 1.29 is 4.42 Å². The highest BCUT2D eigenvalue weighted by atomic mass is 16.3. The smallest absolute Gasteiger partial charge is 0.136 e. The second-order valence-corrected chi connectivity index (χ2v) is 12.2. The molecule has 0 saturated carbocycles. The van der Waals surface area contributed by atoms with Gasteiger partial charge in [-0.15, -0.1) is 0 Å². The van der Waals surface area contributed by atoms with Gasteiger partial charge in [-0.2, -0.15) is 0 Å². The Morgan fingerprint density at radius 3 is 1.77 bits per heavy atom. The van der Waals surface area contributed by atoms with Gasteiger partial charge in [0.15, 0.2) is 0 Å². The minimum absolute atomic E-state index is 0.907. The van der Waals surface area contributed by atoms with Gasteiger partial charge >= 0.3 is 0 Å². The number of anilines is 3. The van der Waals surface area contributed by atoms with E-state index in [-0.39, 0.29) is 0 Å². The summed E-state index contributed by atoms with van der Waals surface area (Å²) in [6, 6.07) is 67.0. The van der Waals surface area contributed by atoms with E-state index in [0.29, 0.717) is 0 Å². The fourth-order valence-electron chi connectivity index (χ4n) is 6.90. The van der Waals surface area contributed by atoms with Gasteiger partial charge in [0.1, 0.15) is 11.2 Å². The number of rotatable bonds is 6. The Morgan fingerprint density at radius 1 is 0.312 bits per heavy atom. The van der Waals surface area contributed by atoms with Crippen molar-refractivity contribution in [3.63, 3.8) is 0 Å². The Labute approximate surface area is 279 Å². The van der Waals surface area contributed by atoms with Gasteiger partial charge in [-0.05, 0) is 105 Å². The van der Waals surface area contributed by atoms with Crippen LogP contribution in [0.15, 0.2) is 192 Å². The molecule has 1 aromatic heterocycles. The molecule has 0 unspecified atom stereocenters. The number of hydrogen-bond acceptors (Lipinski definition) is 2. The summed E-state index contributed by atoms with van der Waals surface area (Å²) in [4.78, 5) is 2.32. The van der Waals surface area contributed by atoms with Crippen LogP contribution in [0.25, 0.3) is 66.1 Å². The third kappa shape index (κ3) is 5.01. The topological polar surface area (TPSA) is 16.4 Å². The zero-order chi connectivity index (χ0) is 31.9.